The Labute approximate surface area is 91.4 Å². The van der Waals surface area contributed by atoms with E-state index in [0.717, 1.165) is 0 Å². The highest BCUT2D eigenvalue weighted by atomic mass is 16.3. The number of rotatable bonds is 4. The molecule has 1 saturated heterocycles. The molecule has 3 N–H and O–H groups in total. The first kappa shape index (κ1) is 12.5. The summed E-state index contributed by atoms with van der Waals surface area (Å²) in [7, 11) is 0. The Kier molecular flexibility index (Phi) is 3.73. The van der Waals surface area contributed by atoms with Crippen LogP contribution in [0.25, 0.3) is 0 Å². The quantitative estimate of drug-likeness (QED) is 0.709. The molecule has 0 aromatic carbocycles. The lowest BCUT2D eigenvalue weighted by Crippen LogP contribution is -2.65. The third-order valence-corrected chi connectivity index (χ3v) is 2.98. The fourth-order valence-corrected chi connectivity index (χ4v) is 1.89. The van der Waals surface area contributed by atoms with Gasteiger partial charge in [-0.05, 0) is 18.8 Å². The number of nitrogens with zero attached hydrogens (tertiary/aromatic N) is 1. The van der Waals surface area contributed by atoms with Crippen LogP contribution in [-0.4, -0.2) is 40.6 Å². The van der Waals surface area contributed by atoms with Crippen molar-refractivity contribution in [2.24, 2.45) is 11.7 Å². The number of nitrogens with two attached hydrogens (primary N) is 1. The second kappa shape index (κ2) is 4.49. The SMILES string of the molecule is CCC1(O)CN(C(=O)[C@@H](N)CC(C)C)C1. The standard InChI is InChI=1S/C11H22N2O2/c1-4-11(15)6-13(7-11)10(14)9(12)5-8(2)3/h8-9,15H,4-7,12H2,1-3H3/t9-/m0/s1. The number of β-amino-alcohol motifs (C(OH)–C–C–N with tert-alkyl or cyclic N) is 1. The van der Waals surface area contributed by atoms with Crippen molar-refractivity contribution in [3.05, 3.63) is 0 Å². The topological polar surface area (TPSA) is 66.6 Å². The first-order valence-corrected chi connectivity index (χ1v) is 5.64. The first-order valence-electron chi connectivity index (χ1n) is 5.64. The molecule has 1 amide bonds. The molecule has 0 bridgehead atoms. The van der Waals surface area contributed by atoms with Crippen molar-refractivity contribution in [1.82, 2.24) is 4.90 Å². The van der Waals surface area contributed by atoms with Crippen molar-refractivity contribution in [1.29, 1.82) is 0 Å². The monoisotopic (exact) mass is 214 g/mol. The van der Waals surface area contributed by atoms with E-state index in [1.165, 1.54) is 0 Å². The van der Waals surface area contributed by atoms with Gasteiger partial charge >= 0.3 is 0 Å². The summed E-state index contributed by atoms with van der Waals surface area (Å²) >= 11 is 0. The molecule has 1 fully saturated rings. The normalized spacial score (nSPS) is 21.3. The van der Waals surface area contributed by atoms with E-state index in [1.807, 2.05) is 20.8 Å². The van der Waals surface area contributed by atoms with E-state index in [1.54, 1.807) is 4.90 Å². The zero-order chi connectivity index (χ0) is 11.6. The minimum absolute atomic E-state index is 0.0261. The molecule has 15 heavy (non-hydrogen) atoms. The van der Waals surface area contributed by atoms with Crippen LogP contribution in [-0.2, 0) is 4.79 Å². The zero-order valence-electron chi connectivity index (χ0n) is 9.86. The number of amides is 1. The fourth-order valence-electron chi connectivity index (χ4n) is 1.89. The zero-order valence-corrected chi connectivity index (χ0v) is 9.86. The maximum absolute atomic E-state index is 11.8. The van der Waals surface area contributed by atoms with Crippen LogP contribution >= 0.6 is 0 Å². The van der Waals surface area contributed by atoms with E-state index >= 15 is 0 Å². The largest absolute Gasteiger partial charge is 0.386 e. The molecule has 1 aliphatic rings. The maximum Gasteiger partial charge on any atom is 0.239 e. The lowest BCUT2D eigenvalue weighted by Gasteiger charge is -2.47. The Balaban J connectivity index is 2.37. The van der Waals surface area contributed by atoms with Crippen LogP contribution in [0.2, 0.25) is 0 Å². The summed E-state index contributed by atoms with van der Waals surface area (Å²) in [5, 5.41) is 9.77. The van der Waals surface area contributed by atoms with Crippen LogP contribution in [0.15, 0.2) is 0 Å². The van der Waals surface area contributed by atoms with Gasteiger partial charge in [0.2, 0.25) is 5.91 Å². The van der Waals surface area contributed by atoms with Crippen molar-refractivity contribution in [3.8, 4) is 0 Å². The van der Waals surface area contributed by atoms with Gasteiger partial charge < -0.3 is 15.7 Å². The summed E-state index contributed by atoms with van der Waals surface area (Å²) in [4.78, 5) is 13.4. The van der Waals surface area contributed by atoms with Crippen LogP contribution in [0.4, 0.5) is 0 Å². The number of hydrogen-bond acceptors (Lipinski definition) is 3. The molecule has 1 aliphatic heterocycles. The average molecular weight is 214 g/mol. The molecule has 0 spiro atoms. The van der Waals surface area contributed by atoms with Crippen molar-refractivity contribution < 1.29 is 9.90 Å². The number of likely N-dealkylation sites (tertiary alicyclic amines) is 1. The van der Waals surface area contributed by atoms with Crippen molar-refractivity contribution in [2.45, 2.75) is 45.3 Å². The van der Waals surface area contributed by atoms with Gasteiger partial charge in [0.15, 0.2) is 0 Å². The van der Waals surface area contributed by atoms with Crippen molar-refractivity contribution in [3.63, 3.8) is 0 Å². The summed E-state index contributed by atoms with van der Waals surface area (Å²) in [6.45, 7) is 6.90. The van der Waals surface area contributed by atoms with E-state index in [-0.39, 0.29) is 5.91 Å². The van der Waals surface area contributed by atoms with Gasteiger partial charge in [0.25, 0.3) is 0 Å². The summed E-state index contributed by atoms with van der Waals surface area (Å²) in [5.41, 5.74) is 5.13. The maximum atomic E-state index is 11.8. The molecule has 0 aliphatic carbocycles. The van der Waals surface area contributed by atoms with Gasteiger partial charge in [-0.2, -0.15) is 0 Å². The van der Waals surface area contributed by atoms with Crippen molar-refractivity contribution >= 4 is 5.91 Å². The second-order valence-electron chi connectivity index (χ2n) is 5.01. The van der Waals surface area contributed by atoms with E-state index in [0.29, 0.717) is 31.8 Å². The molecule has 88 valence electrons. The van der Waals surface area contributed by atoms with E-state index in [4.69, 9.17) is 5.73 Å². The Morgan fingerprint density at radius 2 is 2.07 bits per heavy atom. The molecule has 4 heteroatoms. The summed E-state index contributed by atoms with van der Waals surface area (Å²) in [6.07, 6.45) is 1.40. The summed E-state index contributed by atoms with van der Waals surface area (Å²) in [5.74, 6) is 0.400. The van der Waals surface area contributed by atoms with Crippen LogP contribution in [0.5, 0.6) is 0 Å². The minimum atomic E-state index is -0.660. The molecule has 0 aromatic heterocycles. The van der Waals surface area contributed by atoms with Gasteiger partial charge in [-0.3, -0.25) is 4.79 Å². The average Bonchev–Trinajstić information content (AvgIpc) is 2.10. The number of hydrogen-bond donors (Lipinski definition) is 2. The summed E-state index contributed by atoms with van der Waals surface area (Å²) in [6, 6.07) is -0.411. The van der Waals surface area contributed by atoms with E-state index < -0.39 is 11.6 Å². The highest BCUT2D eigenvalue weighted by Gasteiger charge is 2.43. The predicted molar refractivity (Wildman–Crippen MR) is 59.3 cm³/mol. The number of carbonyl (C=O) groups is 1. The van der Waals surface area contributed by atoms with Gasteiger partial charge in [0.1, 0.15) is 0 Å². The highest BCUT2D eigenvalue weighted by molar-refractivity contribution is 5.82. The Morgan fingerprint density at radius 1 is 1.53 bits per heavy atom. The molecule has 1 atom stereocenters. The first-order chi connectivity index (χ1) is 6.88. The van der Waals surface area contributed by atoms with Gasteiger partial charge in [0, 0.05) is 0 Å². The van der Waals surface area contributed by atoms with Crippen LogP contribution in [0, 0.1) is 5.92 Å². The van der Waals surface area contributed by atoms with Crippen LogP contribution in [0.1, 0.15) is 33.6 Å². The number of aliphatic hydroxyl groups is 1. The highest BCUT2D eigenvalue weighted by Crippen LogP contribution is 2.24. The summed E-state index contributed by atoms with van der Waals surface area (Å²) < 4.78 is 0. The minimum Gasteiger partial charge on any atom is -0.386 e. The molecule has 1 heterocycles. The van der Waals surface area contributed by atoms with Crippen molar-refractivity contribution in [2.75, 3.05) is 13.1 Å². The van der Waals surface area contributed by atoms with Gasteiger partial charge in [-0.15, -0.1) is 0 Å². The fraction of sp³-hybridized carbons (Fsp3) is 0.909. The molecular formula is C11H22N2O2. The lowest BCUT2D eigenvalue weighted by atomic mass is 9.90. The predicted octanol–water partition coefficient (Wildman–Crippen LogP) is 0.343. The van der Waals surface area contributed by atoms with E-state index in [9.17, 15) is 9.90 Å². The number of carbonyl (C=O) groups excluding carboxylic acids is 1. The molecular weight excluding hydrogens is 192 g/mol. The Bertz CT molecular complexity index is 235. The third-order valence-electron chi connectivity index (χ3n) is 2.98. The smallest absolute Gasteiger partial charge is 0.239 e. The van der Waals surface area contributed by atoms with Crippen LogP contribution < -0.4 is 5.73 Å². The molecule has 0 unspecified atom stereocenters. The molecule has 0 aromatic rings. The molecule has 1 rings (SSSR count). The molecule has 0 radical (unpaired) electrons. The van der Waals surface area contributed by atoms with Crippen LogP contribution in [0.3, 0.4) is 0 Å². The van der Waals surface area contributed by atoms with Gasteiger partial charge in [-0.1, -0.05) is 20.8 Å². The lowest BCUT2D eigenvalue weighted by molar-refractivity contribution is -0.157. The third kappa shape index (κ3) is 2.92. The molecule has 0 saturated carbocycles. The Morgan fingerprint density at radius 3 is 2.47 bits per heavy atom. The van der Waals surface area contributed by atoms with Gasteiger partial charge in [-0.25, -0.2) is 0 Å². The Hall–Kier alpha value is -0.610. The second-order valence-corrected chi connectivity index (χ2v) is 5.01. The van der Waals surface area contributed by atoms with E-state index in [2.05, 4.69) is 0 Å². The molecule has 4 nitrogen and oxygen atoms in total. The van der Waals surface area contributed by atoms with Gasteiger partial charge in [0.05, 0.1) is 24.7 Å².